The fourth-order valence-corrected chi connectivity index (χ4v) is 1.48. The van der Waals surface area contributed by atoms with E-state index >= 15 is 0 Å². The Morgan fingerprint density at radius 1 is 1.31 bits per heavy atom. The van der Waals surface area contributed by atoms with Crippen LogP contribution in [0.5, 0.6) is 0 Å². The van der Waals surface area contributed by atoms with E-state index in [9.17, 15) is 4.79 Å². The Morgan fingerprint density at radius 2 is 1.92 bits per heavy atom. The van der Waals surface area contributed by atoms with Crippen LogP contribution in [0, 0.1) is 0 Å². The van der Waals surface area contributed by atoms with Gasteiger partial charge in [-0.15, -0.1) is 0 Å². The van der Waals surface area contributed by atoms with Gasteiger partial charge in [-0.3, -0.25) is 4.90 Å². The summed E-state index contributed by atoms with van der Waals surface area (Å²) in [6.07, 6.45) is 0.186. The lowest BCUT2D eigenvalue weighted by atomic mass is 10.3. The zero-order chi connectivity index (χ0) is 9.68. The molecule has 3 N–H and O–H groups in total. The first-order valence-electron chi connectivity index (χ1n) is 4.64. The molecule has 1 aliphatic rings. The van der Waals surface area contributed by atoms with E-state index in [1.807, 2.05) is 0 Å². The van der Waals surface area contributed by atoms with Gasteiger partial charge in [-0.25, -0.2) is 4.79 Å². The molecule has 1 amide bonds. The summed E-state index contributed by atoms with van der Waals surface area (Å²) in [5.41, 5.74) is 5.39. The minimum absolute atomic E-state index is 0.625. The lowest BCUT2D eigenvalue weighted by molar-refractivity contribution is 0.105. The highest BCUT2D eigenvalue weighted by molar-refractivity contribution is 5.65. The maximum atomic E-state index is 10.6. The molecule has 0 atom stereocenters. The van der Waals surface area contributed by atoms with E-state index in [1.54, 1.807) is 0 Å². The number of amides is 1. The number of rotatable bonds is 3. The standard InChI is InChI=1S/C8H17N3O2/c9-2-1-3-10-4-6-11(7-5-10)8(12)13/h1-7,9H2,(H,12,13). The highest BCUT2D eigenvalue weighted by Gasteiger charge is 2.19. The van der Waals surface area contributed by atoms with Crippen LogP contribution in [-0.2, 0) is 0 Å². The Bertz CT molecular complexity index is 167. The largest absolute Gasteiger partial charge is 0.465 e. The van der Waals surface area contributed by atoms with Crippen LogP contribution in [0.1, 0.15) is 6.42 Å². The molecule has 0 aromatic heterocycles. The number of nitrogens with two attached hydrogens (primary N) is 1. The van der Waals surface area contributed by atoms with Crippen molar-refractivity contribution >= 4 is 6.09 Å². The summed E-state index contributed by atoms with van der Waals surface area (Å²) in [5.74, 6) is 0. The molecule has 0 spiro atoms. The maximum absolute atomic E-state index is 10.6. The molecular weight excluding hydrogens is 170 g/mol. The second-order valence-corrected chi connectivity index (χ2v) is 3.25. The number of hydrogen-bond donors (Lipinski definition) is 2. The minimum Gasteiger partial charge on any atom is -0.465 e. The Kier molecular flexibility index (Phi) is 3.98. The van der Waals surface area contributed by atoms with Crippen LogP contribution in [-0.4, -0.2) is 60.3 Å². The van der Waals surface area contributed by atoms with Gasteiger partial charge in [-0.05, 0) is 19.5 Å². The average Bonchev–Trinajstić information content (AvgIpc) is 2.15. The molecule has 1 fully saturated rings. The van der Waals surface area contributed by atoms with Crippen molar-refractivity contribution in [3.8, 4) is 0 Å². The van der Waals surface area contributed by atoms with E-state index in [2.05, 4.69) is 4.90 Å². The van der Waals surface area contributed by atoms with Gasteiger partial charge in [0.2, 0.25) is 0 Å². The summed E-state index contributed by atoms with van der Waals surface area (Å²) in [4.78, 5) is 14.3. The molecule has 5 heteroatoms. The monoisotopic (exact) mass is 187 g/mol. The van der Waals surface area contributed by atoms with Crippen LogP contribution in [0.2, 0.25) is 0 Å². The molecule has 0 aromatic rings. The second-order valence-electron chi connectivity index (χ2n) is 3.25. The van der Waals surface area contributed by atoms with E-state index < -0.39 is 6.09 Å². The van der Waals surface area contributed by atoms with Gasteiger partial charge in [0.25, 0.3) is 0 Å². The maximum Gasteiger partial charge on any atom is 0.407 e. The SMILES string of the molecule is NCCCN1CCN(C(=O)O)CC1. The first-order chi connectivity index (χ1) is 6.24. The van der Waals surface area contributed by atoms with Crippen molar-refractivity contribution < 1.29 is 9.90 Å². The lowest BCUT2D eigenvalue weighted by Crippen LogP contribution is -2.48. The number of nitrogens with zero attached hydrogens (tertiary/aromatic N) is 2. The van der Waals surface area contributed by atoms with Crippen molar-refractivity contribution in [1.82, 2.24) is 9.80 Å². The molecule has 1 aliphatic heterocycles. The molecule has 0 aliphatic carbocycles. The molecule has 13 heavy (non-hydrogen) atoms. The normalized spacial score (nSPS) is 19.0. The average molecular weight is 187 g/mol. The molecule has 0 unspecified atom stereocenters. The zero-order valence-electron chi connectivity index (χ0n) is 7.78. The van der Waals surface area contributed by atoms with Crippen LogP contribution < -0.4 is 5.73 Å². The summed E-state index contributed by atoms with van der Waals surface area (Å²) in [6, 6.07) is 0. The third-order valence-electron chi connectivity index (χ3n) is 2.32. The molecule has 0 aromatic carbocycles. The molecule has 76 valence electrons. The van der Waals surface area contributed by atoms with Crippen LogP contribution in [0.15, 0.2) is 0 Å². The zero-order valence-corrected chi connectivity index (χ0v) is 7.78. The van der Waals surface area contributed by atoms with E-state index in [0.717, 1.165) is 26.1 Å². The van der Waals surface area contributed by atoms with Crippen molar-refractivity contribution in [2.45, 2.75) is 6.42 Å². The van der Waals surface area contributed by atoms with Crippen LogP contribution in [0.4, 0.5) is 4.79 Å². The van der Waals surface area contributed by atoms with Crippen LogP contribution in [0.25, 0.3) is 0 Å². The number of piperazine rings is 1. The van der Waals surface area contributed by atoms with Gasteiger partial charge >= 0.3 is 6.09 Å². The summed E-state index contributed by atoms with van der Waals surface area (Å²) >= 11 is 0. The predicted octanol–water partition coefficient (Wildman–Crippen LogP) is -0.369. The third-order valence-corrected chi connectivity index (χ3v) is 2.32. The van der Waals surface area contributed by atoms with E-state index in [0.29, 0.717) is 19.6 Å². The second kappa shape index (κ2) is 5.04. The molecule has 0 radical (unpaired) electrons. The Hall–Kier alpha value is -0.810. The van der Waals surface area contributed by atoms with Crippen molar-refractivity contribution in [3.05, 3.63) is 0 Å². The van der Waals surface area contributed by atoms with Gasteiger partial charge in [0.15, 0.2) is 0 Å². The molecule has 1 saturated heterocycles. The summed E-state index contributed by atoms with van der Waals surface area (Å²) in [7, 11) is 0. The van der Waals surface area contributed by atoms with Crippen LogP contribution >= 0.6 is 0 Å². The van der Waals surface area contributed by atoms with Gasteiger partial charge in [-0.2, -0.15) is 0 Å². The van der Waals surface area contributed by atoms with E-state index in [-0.39, 0.29) is 0 Å². The Labute approximate surface area is 78.1 Å². The van der Waals surface area contributed by atoms with Crippen LogP contribution in [0.3, 0.4) is 0 Å². The quantitative estimate of drug-likeness (QED) is 0.632. The van der Waals surface area contributed by atoms with Crippen molar-refractivity contribution in [3.63, 3.8) is 0 Å². The number of carbonyl (C=O) groups is 1. The predicted molar refractivity (Wildman–Crippen MR) is 49.7 cm³/mol. The van der Waals surface area contributed by atoms with Crippen molar-refractivity contribution in [1.29, 1.82) is 0 Å². The molecule has 5 nitrogen and oxygen atoms in total. The molecule has 1 heterocycles. The topological polar surface area (TPSA) is 69.8 Å². The summed E-state index contributed by atoms with van der Waals surface area (Å²) in [6.45, 7) is 4.63. The Balaban J connectivity index is 2.18. The third kappa shape index (κ3) is 3.20. The van der Waals surface area contributed by atoms with Gasteiger partial charge in [0, 0.05) is 26.2 Å². The van der Waals surface area contributed by atoms with E-state index in [4.69, 9.17) is 10.8 Å². The first-order valence-corrected chi connectivity index (χ1v) is 4.64. The first kappa shape index (κ1) is 10.3. The van der Waals surface area contributed by atoms with Crippen molar-refractivity contribution in [2.75, 3.05) is 39.3 Å². The van der Waals surface area contributed by atoms with Gasteiger partial charge < -0.3 is 15.7 Å². The smallest absolute Gasteiger partial charge is 0.407 e. The number of hydrogen-bond acceptors (Lipinski definition) is 3. The van der Waals surface area contributed by atoms with Crippen molar-refractivity contribution in [2.24, 2.45) is 5.73 Å². The molecule has 1 rings (SSSR count). The van der Waals surface area contributed by atoms with Gasteiger partial charge in [-0.1, -0.05) is 0 Å². The lowest BCUT2D eigenvalue weighted by Gasteiger charge is -2.32. The fraction of sp³-hybridized carbons (Fsp3) is 0.875. The van der Waals surface area contributed by atoms with Gasteiger partial charge in [0.1, 0.15) is 0 Å². The van der Waals surface area contributed by atoms with Gasteiger partial charge in [0.05, 0.1) is 0 Å². The minimum atomic E-state index is -0.807. The highest BCUT2D eigenvalue weighted by atomic mass is 16.4. The molecule has 0 bridgehead atoms. The molecule has 0 saturated carbocycles. The van der Waals surface area contributed by atoms with E-state index in [1.165, 1.54) is 4.90 Å². The fourth-order valence-electron chi connectivity index (χ4n) is 1.48. The Morgan fingerprint density at radius 3 is 2.38 bits per heavy atom. The molecular formula is C8H17N3O2. The summed E-state index contributed by atoms with van der Waals surface area (Å²) < 4.78 is 0. The summed E-state index contributed by atoms with van der Waals surface area (Å²) in [5, 5.41) is 8.69. The number of carboxylic acid groups (broad SMARTS) is 1. The highest BCUT2D eigenvalue weighted by Crippen LogP contribution is 2.01.